The van der Waals surface area contributed by atoms with Crippen LogP contribution in [0, 0.1) is 5.92 Å². The number of carboxylic acids is 1. The second kappa shape index (κ2) is 8.53. The number of unbranched alkanes of at least 4 members (excludes halogenated alkanes) is 1. The number of hydrogen-bond acceptors (Lipinski definition) is 3. The van der Waals surface area contributed by atoms with E-state index in [-0.39, 0.29) is 6.61 Å². The lowest BCUT2D eigenvalue weighted by molar-refractivity contribution is -0.145. The Hall–Kier alpha value is -0.610. The minimum atomic E-state index is -0.806. The van der Waals surface area contributed by atoms with Crippen molar-refractivity contribution in [3.05, 3.63) is 0 Å². The molecular formula is C12H25NO3. The third-order valence-corrected chi connectivity index (χ3v) is 2.39. The molecule has 0 saturated carbocycles. The van der Waals surface area contributed by atoms with Crippen molar-refractivity contribution in [3.63, 3.8) is 0 Å². The molecule has 0 saturated heterocycles. The van der Waals surface area contributed by atoms with Crippen LogP contribution in [0.25, 0.3) is 0 Å². The lowest BCUT2D eigenvalue weighted by atomic mass is 10.2. The highest BCUT2D eigenvalue weighted by Gasteiger charge is 2.23. The molecule has 1 unspecified atom stereocenters. The van der Waals surface area contributed by atoms with E-state index in [2.05, 4.69) is 20.8 Å². The third kappa shape index (κ3) is 6.80. The molecule has 0 aromatic rings. The number of aliphatic carboxylic acids is 1. The second-order valence-corrected chi connectivity index (χ2v) is 4.62. The lowest BCUT2D eigenvalue weighted by Gasteiger charge is -2.25. The van der Waals surface area contributed by atoms with Gasteiger partial charge in [0.25, 0.3) is 0 Å². The molecule has 16 heavy (non-hydrogen) atoms. The summed E-state index contributed by atoms with van der Waals surface area (Å²) in [4.78, 5) is 12.9. The van der Waals surface area contributed by atoms with Crippen molar-refractivity contribution in [3.8, 4) is 0 Å². The molecule has 0 aliphatic rings. The molecule has 0 amide bonds. The van der Waals surface area contributed by atoms with Gasteiger partial charge in [-0.2, -0.15) is 0 Å². The Morgan fingerprint density at radius 1 is 1.44 bits per heavy atom. The molecule has 96 valence electrons. The minimum absolute atomic E-state index is 0.276. The zero-order valence-electron chi connectivity index (χ0n) is 10.9. The molecular weight excluding hydrogens is 206 g/mol. The minimum Gasteiger partial charge on any atom is -0.480 e. The summed E-state index contributed by atoms with van der Waals surface area (Å²) >= 11 is 0. The Bertz CT molecular complexity index is 195. The topological polar surface area (TPSA) is 49.8 Å². The number of carboxylic acid groups (broad SMARTS) is 1. The van der Waals surface area contributed by atoms with Crippen LogP contribution in [0.5, 0.6) is 0 Å². The highest BCUT2D eigenvalue weighted by Crippen LogP contribution is 2.03. The average Bonchev–Trinajstić information content (AvgIpc) is 2.15. The second-order valence-electron chi connectivity index (χ2n) is 4.62. The first kappa shape index (κ1) is 15.4. The van der Waals surface area contributed by atoms with Crippen LogP contribution < -0.4 is 0 Å². The highest BCUT2D eigenvalue weighted by molar-refractivity contribution is 5.73. The molecule has 0 fully saturated rings. The van der Waals surface area contributed by atoms with E-state index in [0.717, 1.165) is 19.4 Å². The van der Waals surface area contributed by atoms with E-state index in [1.807, 2.05) is 11.9 Å². The zero-order chi connectivity index (χ0) is 12.6. The van der Waals surface area contributed by atoms with Crippen molar-refractivity contribution < 1.29 is 14.6 Å². The first-order chi connectivity index (χ1) is 7.49. The summed E-state index contributed by atoms with van der Waals surface area (Å²) in [6.45, 7) is 7.94. The van der Waals surface area contributed by atoms with Gasteiger partial charge in [-0.25, -0.2) is 0 Å². The number of likely N-dealkylation sites (N-methyl/N-ethyl adjacent to an activating group) is 1. The van der Waals surface area contributed by atoms with E-state index < -0.39 is 12.0 Å². The average molecular weight is 231 g/mol. The van der Waals surface area contributed by atoms with Crippen molar-refractivity contribution in [1.29, 1.82) is 0 Å². The summed E-state index contributed by atoms with van der Waals surface area (Å²) < 4.78 is 5.38. The van der Waals surface area contributed by atoms with Gasteiger partial charge in [0, 0.05) is 13.2 Å². The number of hydrogen-bond donors (Lipinski definition) is 1. The normalized spacial score (nSPS) is 13.4. The van der Waals surface area contributed by atoms with E-state index in [1.165, 1.54) is 0 Å². The van der Waals surface area contributed by atoms with Crippen molar-refractivity contribution in [2.75, 3.05) is 26.8 Å². The van der Waals surface area contributed by atoms with Crippen LogP contribution in [0.3, 0.4) is 0 Å². The van der Waals surface area contributed by atoms with Gasteiger partial charge in [0.1, 0.15) is 6.04 Å². The number of nitrogens with zero attached hydrogens (tertiary/aromatic N) is 1. The van der Waals surface area contributed by atoms with Gasteiger partial charge in [-0.3, -0.25) is 9.69 Å². The van der Waals surface area contributed by atoms with Crippen molar-refractivity contribution >= 4 is 5.97 Å². The van der Waals surface area contributed by atoms with E-state index >= 15 is 0 Å². The fourth-order valence-electron chi connectivity index (χ4n) is 1.53. The first-order valence-corrected chi connectivity index (χ1v) is 5.99. The molecule has 0 spiro atoms. The van der Waals surface area contributed by atoms with Gasteiger partial charge in [0.2, 0.25) is 0 Å². The molecule has 0 aromatic carbocycles. The molecule has 0 heterocycles. The molecule has 0 rings (SSSR count). The van der Waals surface area contributed by atoms with Gasteiger partial charge in [-0.05, 0) is 19.4 Å². The maximum atomic E-state index is 11.1. The van der Waals surface area contributed by atoms with Crippen LogP contribution in [0.1, 0.15) is 33.6 Å². The quantitative estimate of drug-likeness (QED) is 0.615. The maximum Gasteiger partial charge on any atom is 0.323 e. The van der Waals surface area contributed by atoms with Gasteiger partial charge in [-0.15, -0.1) is 0 Å². The molecule has 0 aliphatic heterocycles. The Labute approximate surface area is 98.6 Å². The van der Waals surface area contributed by atoms with Crippen LogP contribution in [-0.4, -0.2) is 48.8 Å². The van der Waals surface area contributed by atoms with Gasteiger partial charge in [0.15, 0.2) is 0 Å². The predicted molar refractivity (Wildman–Crippen MR) is 64.6 cm³/mol. The van der Waals surface area contributed by atoms with Crippen molar-refractivity contribution in [2.24, 2.45) is 5.92 Å². The molecule has 0 bridgehead atoms. The lowest BCUT2D eigenvalue weighted by Crippen LogP contribution is -2.43. The van der Waals surface area contributed by atoms with E-state index in [1.54, 1.807) is 0 Å². The third-order valence-electron chi connectivity index (χ3n) is 2.39. The molecule has 0 aliphatic carbocycles. The number of ether oxygens (including phenoxy) is 1. The summed E-state index contributed by atoms with van der Waals surface area (Å²) in [5.41, 5.74) is 0. The largest absolute Gasteiger partial charge is 0.480 e. The summed E-state index contributed by atoms with van der Waals surface area (Å²) in [6.07, 6.45) is 2.06. The summed E-state index contributed by atoms with van der Waals surface area (Å²) in [5.74, 6) is -0.345. The molecule has 0 aromatic heterocycles. The Morgan fingerprint density at radius 3 is 2.50 bits per heavy atom. The van der Waals surface area contributed by atoms with Gasteiger partial charge in [-0.1, -0.05) is 27.2 Å². The Morgan fingerprint density at radius 2 is 2.06 bits per heavy atom. The van der Waals surface area contributed by atoms with Gasteiger partial charge in [0.05, 0.1) is 6.61 Å². The van der Waals surface area contributed by atoms with Gasteiger partial charge < -0.3 is 9.84 Å². The predicted octanol–water partition coefficient (Wildman–Crippen LogP) is 1.84. The SMILES string of the molecule is CCCCOCC(C(=O)O)N(C)CC(C)C. The summed E-state index contributed by atoms with van der Waals surface area (Å²) in [7, 11) is 1.84. The first-order valence-electron chi connectivity index (χ1n) is 5.99. The summed E-state index contributed by atoms with van der Waals surface area (Å²) in [6, 6.07) is -0.528. The maximum absolute atomic E-state index is 11.1. The molecule has 1 atom stereocenters. The number of carbonyl (C=O) groups is 1. The molecule has 0 radical (unpaired) electrons. The smallest absolute Gasteiger partial charge is 0.323 e. The monoisotopic (exact) mass is 231 g/mol. The zero-order valence-corrected chi connectivity index (χ0v) is 10.9. The van der Waals surface area contributed by atoms with Crippen LogP contribution in [-0.2, 0) is 9.53 Å². The summed E-state index contributed by atoms with van der Waals surface area (Å²) in [5, 5.41) is 9.09. The fourth-order valence-corrected chi connectivity index (χ4v) is 1.53. The van der Waals surface area contributed by atoms with Crippen molar-refractivity contribution in [1.82, 2.24) is 4.90 Å². The van der Waals surface area contributed by atoms with Crippen LogP contribution >= 0.6 is 0 Å². The van der Waals surface area contributed by atoms with Gasteiger partial charge >= 0.3 is 5.97 Å². The van der Waals surface area contributed by atoms with E-state index in [0.29, 0.717) is 12.5 Å². The highest BCUT2D eigenvalue weighted by atomic mass is 16.5. The Balaban J connectivity index is 4.01. The fraction of sp³-hybridized carbons (Fsp3) is 0.917. The molecule has 4 nitrogen and oxygen atoms in total. The van der Waals surface area contributed by atoms with E-state index in [4.69, 9.17) is 9.84 Å². The van der Waals surface area contributed by atoms with Crippen molar-refractivity contribution in [2.45, 2.75) is 39.7 Å². The standard InChI is InChI=1S/C12H25NO3/c1-5-6-7-16-9-11(12(14)15)13(4)8-10(2)3/h10-11H,5-9H2,1-4H3,(H,14,15). The van der Waals surface area contributed by atoms with Crippen LogP contribution in [0.2, 0.25) is 0 Å². The molecule has 4 heteroatoms. The Kier molecular flexibility index (Phi) is 8.21. The van der Waals surface area contributed by atoms with Crippen LogP contribution in [0.15, 0.2) is 0 Å². The number of rotatable bonds is 9. The van der Waals surface area contributed by atoms with E-state index in [9.17, 15) is 4.79 Å². The van der Waals surface area contributed by atoms with Crippen LogP contribution in [0.4, 0.5) is 0 Å². The molecule has 1 N–H and O–H groups in total.